The number of hydrogen-bond donors (Lipinski definition) is 1. The summed E-state index contributed by atoms with van der Waals surface area (Å²) in [6.45, 7) is 8.71. The largest absolute Gasteiger partial charge is 0.490 e. The number of hydrogen-bond acceptors (Lipinski definition) is 8. The van der Waals surface area contributed by atoms with E-state index in [4.69, 9.17) is 18.9 Å². The van der Waals surface area contributed by atoms with Crippen LogP contribution in [-0.2, 0) is 11.3 Å². The Morgan fingerprint density at radius 1 is 1.02 bits per heavy atom. The van der Waals surface area contributed by atoms with Gasteiger partial charge in [-0.2, -0.15) is 0 Å². The molecule has 0 saturated heterocycles. The Morgan fingerprint density at radius 3 is 2.54 bits per heavy atom. The number of carbonyl (C=O) groups excluding carboxylic acids is 1. The van der Waals surface area contributed by atoms with E-state index >= 15 is 0 Å². The molecule has 0 fully saturated rings. The second-order valence-electron chi connectivity index (χ2n) is 11.8. The Hall–Kier alpha value is -3.01. The van der Waals surface area contributed by atoms with Gasteiger partial charge >= 0.3 is 0 Å². The minimum atomic E-state index is -0.363. The maximum atomic E-state index is 14.1. The summed E-state index contributed by atoms with van der Waals surface area (Å²) < 4.78 is 23.8. The Kier molecular flexibility index (Phi) is 10.8. The molecule has 2 aromatic carbocycles. The summed E-state index contributed by atoms with van der Waals surface area (Å²) in [5.41, 5.74) is 2.58. The van der Waals surface area contributed by atoms with Crippen LogP contribution in [0.25, 0.3) is 0 Å². The molecular formula is C32H47N3O6. The molecule has 4 rings (SSSR count). The van der Waals surface area contributed by atoms with Crippen molar-refractivity contribution < 1.29 is 28.8 Å². The fourth-order valence-electron chi connectivity index (χ4n) is 5.37. The van der Waals surface area contributed by atoms with E-state index in [9.17, 15) is 9.90 Å². The molecule has 2 aliphatic rings. The number of rotatable bonds is 7. The van der Waals surface area contributed by atoms with Crippen molar-refractivity contribution in [2.75, 3.05) is 59.1 Å². The van der Waals surface area contributed by atoms with Crippen LogP contribution in [0.1, 0.15) is 56.0 Å². The zero-order valence-corrected chi connectivity index (χ0v) is 25.5. The summed E-state index contributed by atoms with van der Waals surface area (Å²) in [5, 5.41) is 10.1. The second kappa shape index (κ2) is 14.2. The molecule has 4 atom stereocenters. The fraction of sp³-hybridized carbons (Fsp3) is 0.594. The van der Waals surface area contributed by atoms with E-state index in [0.717, 1.165) is 48.6 Å². The van der Waals surface area contributed by atoms with Gasteiger partial charge in [0.2, 0.25) is 6.79 Å². The molecule has 0 saturated carbocycles. The van der Waals surface area contributed by atoms with Crippen LogP contribution in [0.3, 0.4) is 0 Å². The minimum Gasteiger partial charge on any atom is -0.490 e. The molecule has 2 aliphatic heterocycles. The third-order valence-electron chi connectivity index (χ3n) is 7.93. The Bertz CT molecular complexity index is 1160. The predicted octanol–water partition coefficient (Wildman–Crippen LogP) is 4.41. The molecule has 9 nitrogen and oxygen atoms in total. The highest BCUT2D eigenvalue weighted by Crippen LogP contribution is 2.33. The Morgan fingerprint density at radius 2 is 1.78 bits per heavy atom. The van der Waals surface area contributed by atoms with E-state index in [-0.39, 0.29) is 43.5 Å². The molecular weight excluding hydrogens is 522 g/mol. The molecule has 0 spiro atoms. The molecule has 0 unspecified atom stereocenters. The van der Waals surface area contributed by atoms with Crippen molar-refractivity contribution in [1.29, 1.82) is 0 Å². The van der Waals surface area contributed by atoms with Gasteiger partial charge in [0.05, 0.1) is 30.4 Å². The second-order valence-corrected chi connectivity index (χ2v) is 11.8. The molecule has 2 heterocycles. The smallest absolute Gasteiger partial charge is 0.258 e. The molecule has 41 heavy (non-hydrogen) atoms. The number of nitrogens with zero attached hydrogens (tertiary/aromatic N) is 3. The van der Waals surface area contributed by atoms with Gasteiger partial charge in [-0.3, -0.25) is 9.69 Å². The van der Waals surface area contributed by atoms with Crippen LogP contribution in [0.2, 0.25) is 0 Å². The van der Waals surface area contributed by atoms with Gasteiger partial charge in [0, 0.05) is 51.9 Å². The number of aliphatic hydroxyl groups excluding tert-OH is 1. The first-order chi connectivity index (χ1) is 19.7. The summed E-state index contributed by atoms with van der Waals surface area (Å²) in [4.78, 5) is 20.1. The highest BCUT2D eigenvalue weighted by molar-refractivity contribution is 5.98. The van der Waals surface area contributed by atoms with Crippen LogP contribution >= 0.6 is 0 Å². The molecule has 2 aromatic rings. The highest BCUT2D eigenvalue weighted by Gasteiger charge is 2.30. The van der Waals surface area contributed by atoms with Gasteiger partial charge < -0.3 is 33.9 Å². The first kappa shape index (κ1) is 30.9. The van der Waals surface area contributed by atoms with Gasteiger partial charge in [0.25, 0.3) is 5.91 Å². The van der Waals surface area contributed by atoms with Gasteiger partial charge in [-0.15, -0.1) is 0 Å². The van der Waals surface area contributed by atoms with Crippen LogP contribution in [-0.4, -0.2) is 93.3 Å². The molecule has 0 aliphatic carbocycles. The van der Waals surface area contributed by atoms with E-state index in [2.05, 4.69) is 24.9 Å². The monoisotopic (exact) mass is 569 g/mol. The maximum Gasteiger partial charge on any atom is 0.258 e. The first-order valence-electron chi connectivity index (χ1n) is 14.7. The molecule has 0 aromatic heterocycles. The SMILES string of the molecule is C[C@@H]1CCCCO[C@H](CN(C)Cc2ccc3c(c2)OCO3)[C@H](C)CN([C@H](C)CO)C(=O)c2cc(N(C)C)ccc2O1. The van der Waals surface area contributed by atoms with Gasteiger partial charge in [0.1, 0.15) is 5.75 Å². The Labute approximate surface area is 244 Å². The number of likely N-dealkylation sites (N-methyl/N-ethyl adjacent to an activating group) is 1. The summed E-state index contributed by atoms with van der Waals surface area (Å²) >= 11 is 0. The molecule has 226 valence electrons. The standard InChI is InChI=1S/C32H47N3O6/c1-22-17-35(23(2)20-36)32(37)27-16-26(33(4)5)11-13-28(27)41-24(3)9-7-8-14-38-31(22)19-34(6)18-25-10-12-29-30(15-25)40-21-39-29/h10-13,15-16,22-24,31,36H,7-9,14,17-21H2,1-6H3/t22-,23-,24-,31-/m1/s1. The number of carbonyl (C=O) groups is 1. The third kappa shape index (κ3) is 8.05. The van der Waals surface area contributed by atoms with Gasteiger partial charge in [0.15, 0.2) is 11.5 Å². The normalized spacial score (nSPS) is 22.6. The fourth-order valence-corrected chi connectivity index (χ4v) is 5.37. The lowest BCUT2D eigenvalue weighted by Crippen LogP contribution is -2.47. The first-order valence-corrected chi connectivity index (χ1v) is 14.7. The topological polar surface area (TPSA) is 83.9 Å². The Balaban J connectivity index is 1.57. The lowest BCUT2D eigenvalue weighted by molar-refractivity contribution is -0.0177. The number of fused-ring (bicyclic) bond motifs is 2. The van der Waals surface area contributed by atoms with Crippen LogP contribution in [0.15, 0.2) is 36.4 Å². The van der Waals surface area contributed by atoms with E-state index in [1.165, 1.54) is 0 Å². The van der Waals surface area contributed by atoms with E-state index in [1.807, 2.05) is 63.2 Å². The molecule has 1 amide bonds. The average molecular weight is 570 g/mol. The van der Waals surface area contributed by atoms with Gasteiger partial charge in [-0.1, -0.05) is 13.0 Å². The predicted molar refractivity (Wildman–Crippen MR) is 160 cm³/mol. The number of ether oxygens (including phenoxy) is 4. The third-order valence-corrected chi connectivity index (χ3v) is 7.93. The van der Waals surface area contributed by atoms with Crippen LogP contribution in [0.4, 0.5) is 5.69 Å². The van der Waals surface area contributed by atoms with Crippen molar-refractivity contribution in [3.63, 3.8) is 0 Å². The van der Waals surface area contributed by atoms with Gasteiger partial charge in [-0.05, 0) is 76.1 Å². The van der Waals surface area contributed by atoms with Crippen LogP contribution < -0.4 is 19.1 Å². The molecule has 9 heteroatoms. The minimum absolute atomic E-state index is 0.0235. The molecule has 0 bridgehead atoms. The number of aliphatic hydroxyl groups is 1. The van der Waals surface area contributed by atoms with Crippen molar-refractivity contribution in [2.45, 2.75) is 64.8 Å². The average Bonchev–Trinajstić information content (AvgIpc) is 3.42. The summed E-state index contributed by atoms with van der Waals surface area (Å²) in [6, 6.07) is 11.5. The zero-order chi connectivity index (χ0) is 29.5. The van der Waals surface area contributed by atoms with Crippen LogP contribution in [0, 0.1) is 5.92 Å². The molecule has 1 N–H and O–H groups in total. The summed E-state index contributed by atoms with van der Waals surface area (Å²) in [7, 11) is 6.00. The summed E-state index contributed by atoms with van der Waals surface area (Å²) in [6.07, 6.45) is 2.64. The van der Waals surface area contributed by atoms with Crippen molar-refractivity contribution >= 4 is 11.6 Å². The summed E-state index contributed by atoms with van der Waals surface area (Å²) in [5.74, 6) is 2.02. The number of benzene rings is 2. The zero-order valence-electron chi connectivity index (χ0n) is 25.5. The van der Waals surface area contributed by atoms with Crippen molar-refractivity contribution in [1.82, 2.24) is 9.80 Å². The number of amides is 1. The molecule has 0 radical (unpaired) electrons. The maximum absolute atomic E-state index is 14.1. The lowest BCUT2D eigenvalue weighted by Gasteiger charge is -2.36. The van der Waals surface area contributed by atoms with E-state index in [1.54, 1.807) is 4.90 Å². The van der Waals surface area contributed by atoms with E-state index < -0.39 is 0 Å². The van der Waals surface area contributed by atoms with Gasteiger partial charge in [-0.25, -0.2) is 0 Å². The van der Waals surface area contributed by atoms with Crippen molar-refractivity contribution in [2.24, 2.45) is 5.92 Å². The van der Waals surface area contributed by atoms with Crippen LogP contribution in [0.5, 0.6) is 17.2 Å². The van der Waals surface area contributed by atoms with Crippen molar-refractivity contribution in [3.8, 4) is 17.2 Å². The van der Waals surface area contributed by atoms with E-state index in [0.29, 0.717) is 31.0 Å². The van der Waals surface area contributed by atoms with Crippen molar-refractivity contribution in [3.05, 3.63) is 47.5 Å². The number of anilines is 1. The lowest BCUT2D eigenvalue weighted by atomic mass is 10.0. The highest BCUT2D eigenvalue weighted by atomic mass is 16.7. The quantitative estimate of drug-likeness (QED) is 0.525.